The molecule has 2 nitrogen and oxygen atoms in total. The zero-order valence-corrected chi connectivity index (χ0v) is 13.3. The second-order valence-corrected chi connectivity index (χ2v) is 6.96. The van der Waals surface area contributed by atoms with Gasteiger partial charge < -0.3 is 5.32 Å². The zero-order valence-electron chi connectivity index (χ0n) is 13.3. The van der Waals surface area contributed by atoms with Gasteiger partial charge in [0.15, 0.2) is 0 Å². The van der Waals surface area contributed by atoms with Gasteiger partial charge in [0.2, 0.25) is 0 Å². The lowest BCUT2D eigenvalue weighted by atomic mass is 9.84. The van der Waals surface area contributed by atoms with E-state index in [0.717, 1.165) is 18.0 Å². The fraction of sp³-hybridized carbons (Fsp3) is 1.00. The SMILES string of the molecule is CCCNC(C)C1CCCCN1C1CCC(C)CC1. The highest BCUT2D eigenvalue weighted by Gasteiger charge is 2.33. The maximum atomic E-state index is 3.74. The summed E-state index contributed by atoms with van der Waals surface area (Å²) in [6.07, 6.45) is 11.3. The molecule has 2 fully saturated rings. The Balaban J connectivity index is 1.91. The van der Waals surface area contributed by atoms with Crippen molar-refractivity contribution in [2.24, 2.45) is 5.92 Å². The Bertz CT molecular complexity index is 246. The van der Waals surface area contributed by atoms with Crippen LogP contribution in [-0.4, -0.2) is 36.1 Å². The van der Waals surface area contributed by atoms with E-state index >= 15 is 0 Å². The largest absolute Gasteiger partial charge is 0.313 e. The Morgan fingerprint density at radius 2 is 1.84 bits per heavy atom. The van der Waals surface area contributed by atoms with Crippen molar-refractivity contribution in [1.82, 2.24) is 10.2 Å². The monoisotopic (exact) mass is 266 g/mol. The van der Waals surface area contributed by atoms with Crippen molar-refractivity contribution >= 4 is 0 Å². The zero-order chi connectivity index (χ0) is 13.7. The molecule has 1 saturated carbocycles. The van der Waals surface area contributed by atoms with Gasteiger partial charge in [-0.15, -0.1) is 0 Å². The number of piperidine rings is 1. The van der Waals surface area contributed by atoms with Crippen LogP contribution < -0.4 is 5.32 Å². The Kier molecular flexibility index (Phi) is 6.15. The Hall–Kier alpha value is -0.0800. The van der Waals surface area contributed by atoms with Gasteiger partial charge in [0.05, 0.1) is 0 Å². The number of hydrogen-bond donors (Lipinski definition) is 1. The predicted octanol–water partition coefficient (Wildman–Crippen LogP) is 3.81. The molecule has 1 heterocycles. The van der Waals surface area contributed by atoms with Crippen molar-refractivity contribution < 1.29 is 0 Å². The number of nitrogens with zero attached hydrogens (tertiary/aromatic N) is 1. The van der Waals surface area contributed by atoms with Crippen LogP contribution in [0.1, 0.15) is 72.1 Å². The van der Waals surface area contributed by atoms with Crippen LogP contribution in [0.2, 0.25) is 0 Å². The van der Waals surface area contributed by atoms with Gasteiger partial charge in [-0.2, -0.15) is 0 Å². The summed E-state index contributed by atoms with van der Waals surface area (Å²) in [5.74, 6) is 0.968. The van der Waals surface area contributed by atoms with Crippen LogP contribution in [0.4, 0.5) is 0 Å². The maximum Gasteiger partial charge on any atom is 0.0249 e. The highest BCUT2D eigenvalue weighted by molar-refractivity contribution is 4.90. The molecule has 1 saturated heterocycles. The molecule has 0 aromatic heterocycles. The fourth-order valence-corrected chi connectivity index (χ4v) is 4.05. The molecule has 2 rings (SSSR count). The average Bonchev–Trinajstić information content (AvgIpc) is 2.45. The third-order valence-electron chi connectivity index (χ3n) is 5.34. The van der Waals surface area contributed by atoms with E-state index in [1.165, 1.54) is 64.5 Å². The van der Waals surface area contributed by atoms with Crippen molar-refractivity contribution in [1.29, 1.82) is 0 Å². The van der Waals surface area contributed by atoms with Gasteiger partial charge in [-0.05, 0) is 70.9 Å². The van der Waals surface area contributed by atoms with Crippen LogP contribution in [0, 0.1) is 5.92 Å². The third-order valence-corrected chi connectivity index (χ3v) is 5.34. The summed E-state index contributed by atoms with van der Waals surface area (Å²) in [6, 6.07) is 2.34. The molecule has 0 aromatic carbocycles. The van der Waals surface area contributed by atoms with Gasteiger partial charge in [-0.1, -0.05) is 20.3 Å². The van der Waals surface area contributed by atoms with E-state index in [2.05, 4.69) is 31.0 Å². The maximum absolute atomic E-state index is 3.74. The molecule has 0 spiro atoms. The van der Waals surface area contributed by atoms with Crippen LogP contribution in [0.25, 0.3) is 0 Å². The summed E-state index contributed by atoms with van der Waals surface area (Å²) in [7, 11) is 0. The van der Waals surface area contributed by atoms with Gasteiger partial charge in [0, 0.05) is 18.1 Å². The first kappa shape index (κ1) is 15.3. The second kappa shape index (κ2) is 7.64. The van der Waals surface area contributed by atoms with Crippen LogP contribution >= 0.6 is 0 Å². The number of likely N-dealkylation sites (tertiary alicyclic amines) is 1. The van der Waals surface area contributed by atoms with E-state index in [1.807, 2.05) is 0 Å². The summed E-state index contributed by atoms with van der Waals surface area (Å²) in [4.78, 5) is 2.88. The van der Waals surface area contributed by atoms with E-state index in [9.17, 15) is 0 Å². The molecule has 0 amide bonds. The van der Waals surface area contributed by atoms with Crippen LogP contribution in [0.3, 0.4) is 0 Å². The van der Waals surface area contributed by atoms with Crippen LogP contribution in [0.5, 0.6) is 0 Å². The first-order chi connectivity index (χ1) is 9.22. The molecule has 19 heavy (non-hydrogen) atoms. The molecule has 1 aliphatic carbocycles. The minimum atomic E-state index is 0.666. The van der Waals surface area contributed by atoms with E-state index in [4.69, 9.17) is 0 Å². The summed E-state index contributed by atoms with van der Waals surface area (Å²) < 4.78 is 0. The lowest BCUT2D eigenvalue weighted by Crippen LogP contribution is -2.55. The first-order valence-electron chi connectivity index (χ1n) is 8.71. The van der Waals surface area contributed by atoms with Gasteiger partial charge in [0.1, 0.15) is 0 Å². The van der Waals surface area contributed by atoms with Crippen LogP contribution in [-0.2, 0) is 0 Å². The molecule has 0 bridgehead atoms. The van der Waals surface area contributed by atoms with E-state index in [1.54, 1.807) is 0 Å². The smallest absolute Gasteiger partial charge is 0.0249 e. The van der Waals surface area contributed by atoms with Crippen molar-refractivity contribution in [3.63, 3.8) is 0 Å². The van der Waals surface area contributed by atoms with Crippen molar-refractivity contribution in [3.05, 3.63) is 0 Å². The topological polar surface area (TPSA) is 15.3 Å². The number of hydrogen-bond acceptors (Lipinski definition) is 2. The predicted molar refractivity (Wildman–Crippen MR) is 83.5 cm³/mol. The summed E-state index contributed by atoms with van der Waals surface area (Å²) >= 11 is 0. The number of rotatable bonds is 5. The van der Waals surface area contributed by atoms with Crippen molar-refractivity contribution in [2.45, 2.75) is 90.3 Å². The van der Waals surface area contributed by atoms with Crippen molar-refractivity contribution in [3.8, 4) is 0 Å². The Morgan fingerprint density at radius 3 is 2.53 bits per heavy atom. The molecule has 0 radical (unpaired) electrons. The molecular formula is C17H34N2. The summed E-state index contributed by atoms with van der Waals surface area (Å²) in [6.45, 7) is 9.62. The van der Waals surface area contributed by atoms with Crippen molar-refractivity contribution in [2.75, 3.05) is 13.1 Å². The Morgan fingerprint density at radius 1 is 1.11 bits per heavy atom. The minimum Gasteiger partial charge on any atom is -0.313 e. The summed E-state index contributed by atoms with van der Waals surface area (Å²) in [5, 5.41) is 3.74. The normalized spacial score (nSPS) is 35.2. The molecule has 1 aliphatic heterocycles. The molecule has 1 N–H and O–H groups in total. The molecule has 2 aliphatic rings. The molecular weight excluding hydrogens is 232 g/mol. The lowest BCUT2D eigenvalue weighted by molar-refractivity contribution is 0.0476. The average molecular weight is 266 g/mol. The third kappa shape index (κ3) is 4.19. The van der Waals surface area contributed by atoms with Gasteiger partial charge in [-0.3, -0.25) is 4.90 Å². The molecule has 112 valence electrons. The Labute approximate surface area is 120 Å². The molecule has 2 unspecified atom stereocenters. The summed E-state index contributed by atoms with van der Waals surface area (Å²) in [5.41, 5.74) is 0. The van der Waals surface area contributed by atoms with Gasteiger partial charge in [0.25, 0.3) is 0 Å². The van der Waals surface area contributed by atoms with E-state index in [0.29, 0.717) is 6.04 Å². The standard InChI is InChI=1S/C17H34N2/c1-4-12-18-15(3)17-7-5-6-13-19(17)16-10-8-14(2)9-11-16/h14-18H,4-13H2,1-3H3. The fourth-order valence-electron chi connectivity index (χ4n) is 4.05. The van der Waals surface area contributed by atoms with E-state index < -0.39 is 0 Å². The highest BCUT2D eigenvalue weighted by atomic mass is 15.2. The number of nitrogens with one attached hydrogen (secondary N) is 1. The first-order valence-corrected chi connectivity index (χ1v) is 8.71. The molecule has 0 aromatic rings. The quantitative estimate of drug-likeness (QED) is 0.814. The van der Waals surface area contributed by atoms with Gasteiger partial charge in [-0.25, -0.2) is 0 Å². The highest BCUT2D eigenvalue weighted by Crippen LogP contribution is 2.32. The molecule has 2 atom stereocenters. The minimum absolute atomic E-state index is 0.666. The molecule has 2 heteroatoms. The lowest BCUT2D eigenvalue weighted by Gasteiger charge is -2.46. The van der Waals surface area contributed by atoms with Gasteiger partial charge >= 0.3 is 0 Å². The second-order valence-electron chi connectivity index (χ2n) is 6.96. The van der Waals surface area contributed by atoms with Crippen LogP contribution in [0.15, 0.2) is 0 Å². The van der Waals surface area contributed by atoms with E-state index in [-0.39, 0.29) is 0 Å².